The van der Waals surface area contributed by atoms with Crippen LogP contribution in [0.25, 0.3) is 10.6 Å². The number of benzene rings is 2. The Balaban J connectivity index is 1.33. The molecule has 132 valence electrons. The topological polar surface area (TPSA) is 45.2 Å². The summed E-state index contributed by atoms with van der Waals surface area (Å²) >= 11 is 1.51. The zero-order chi connectivity index (χ0) is 17.8. The molecule has 26 heavy (non-hydrogen) atoms. The Bertz CT molecular complexity index is 863. The van der Waals surface area contributed by atoms with Gasteiger partial charge in [0.15, 0.2) is 0 Å². The Morgan fingerprint density at radius 2 is 1.85 bits per heavy atom. The van der Waals surface area contributed by atoms with Gasteiger partial charge in [-0.3, -0.25) is 9.69 Å². The second-order valence-electron chi connectivity index (χ2n) is 6.58. The lowest BCUT2D eigenvalue weighted by atomic mass is 10.2. The molecular weight excluding hydrogens is 342 g/mol. The molecule has 0 saturated carbocycles. The van der Waals surface area contributed by atoms with E-state index in [0.29, 0.717) is 5.69 Å². The molecule has 1 amide bonds. The summed E-state index contributed by atoms with van der Waals surface area (Å²) in [7, 11) is 0. The first kappa shape index (κ1) is 16.9. The minimum absolute atomic E-state index is 0.0741. The number of carbonyl (C=O) groups is 1. The summed E-state index contributed by atoms with van der Waals surface area (Å²) in [5, 5.41) is 5.86. The normalized spacial score (nSPS) is 17.3. The Hall–Kier alpha value is -2.50. The van der Waals surface area contributed by atoms with E-state index in [1.54, 1.807) is 0 Å². The second kappa shape index (κ2) is 7.81. The lowest BCUT2D eigenvalue weighted by Gasteiger charge is -2.16. The highest BCUT2D eigenvalue weighted by Gasteiger charge is 2.25. The summed E-state index contributed by atoms with van der Waals surface area (Å²) in [6, 6.07) is 20.6. The molecule has 3 aromatic rings. The molecule has 0 spiro atoms. The van der Waals surface area contributed by atoms with Crippen LogP contribution in [-0.4, -0.2) is 34.9 Å². The van der Waals surface area contributed by atoms with Crippen LogP contribution in [0.5, 0.6) is 0 Å². The van der Waals surface area contributed by atoms with E-state index >= 15 is 0 Å². The number of rotatable bonds is 5. The number of thiazole rings is 1. The maximum atomic E-state index is 12.5. The summed E-state index contributed by atoms with van der Waals surface area (Å²) in [6.45, 7) is 2.82. The van der Waals surface area contributed by atoms with Gasteiger partial charge in [-0.1, -0.05) is 60.7 Å². The van der Waals surface area contributed by atoms with Crippen LogP contribution in [0.15, 0.2) is 66.0 Å². The maximum absolute atomic E-state index is 12.5. The molecule has 1 N–H and O–H groups in total. The number of nitrogens with zero attached hydrogens (tertiary/aromatic N) is 2. The fourth-order valence-electron chi connectivity index (χ4n) is 3.29. The first-order valence-corrected chi connectivity index (χ1v) is 9.74. The molecule has 0 radical (unpaired) electrons. The highest BCUT2D eigenvalue weighted by molar-refractivity contribution is 7.13. The molecule has 4 nitrogen and oxygen atoms in total. The minimum atomic E-state index is -0.0741. The van der Waals surface area contributed by atoms with Crippen molar-refractivity contribution in [1.82, 2.24) is 15.2 Å². The van der Waals surface area contributed by atoms with Crippen molar-refractivity contribution in [2.75, 3.05) is 13.1 Å². The fourth-order valence-corrected chi connectivity index (χ4v) is 4.09. The van der Waals surface area contributed by atoms with Crippen LogP contribution in [-0.2, 0) is 6.54 Å². The van der Waals surface area contributed by atoms with Crippen molar-refractivity contribution in [2.24, 2.45) is 0 Å². The van der Waals surface area contributed by atoms with Gasteiger partial charge in [0.1, 0.15) is 10.7 Å². The molecule has 1 fully saturated rings. The molecule has 1 atom stereocenters. The van der Waals surface area contributed by atoms with Crippen LogP contribution < -0.4 is 5.32 Å². The first-order valence-electron chi connectivity index (χ1n) is 8.86. The van der Waals surface area contributed by atoms with E-state index < -0.39 is 0 Å². The van der Waals surface area contributed by atoms with E-state index in [1.165, 1.54) is 16.9 Å². The summed E-state index contributed by atoms with van der Waals surface area (Å²) in [4.78, 5) is 19.4. The molecule has 2 heterocycles. The van der Waals surface area contributed by atoms with Crippen molar-refractivity contribution >= 4 is 17.2 Å². The van der Waals surface area contributed by atoms with Crippen molar-refractivity contribution in [3.05, 3.63) is 77.3 Å². The van der Waals surface area contributed by atoms with Gasteiger partial charge in [0.2, 0.25) is 0 Å². The molecule has 0 unspecified atom stereocenters. The highest BCUT2D eigenvalue weighted by Crippen LogP contribution is 2.23. The van der Waals surface area contributed by atoms with Crippen LogP contribution in [0.3, 0.4) is 0 Å². The van der Waals surface area contributed by atoms with Crippen molar-refractivity contribution in [1.29, 1.82) is 0 Å². The maximum Gasteiger partial charge on any atom is 0.271 e. The lowest BCUT2D eigenvalue weighted by molar-refractivity contribution is 0.0933. The van der Waals surface area contributed by atoms with E-state index in [9.17, 15) is 4.79 Å². The van der Waals surface area contributed by atoms with Gasteiger partial charge in [-0.15, -0.1) is 11.3 Å². The van der Waals surface area contributed by atoms with Gasteiger partial charge in [-0.2, -0.15) is 0 Å². The Labute approximate surface area is 157 Å². The van der Waals surface area contributed by atoms with E-state index in [2.05, 4.69) is 39.5 Å². The average Bonchev–Trinajstić information content (AvgIpc) is 3.33. The number of carbonyl (C=O) groups excluding carboxylic acids is 1. The molecule has 2 aromatic carbocycles. The molecule has 4 rings (SSSR count). The zero-order valence-corrected chi connectivity index (χ0v) is 15.3. The van der Waals surface area contributed by atoms with Crippen LogP contribution in [0, 0.1) is 0 Å². The van der Waals surface area contributed by atoms with Crippen molar-refractivity contribution < 1.29 is 4.79 Å². The van der Waals surface area contributed by atoms with Crippen LogP contribution in [0.1, 0.15) is 22.5 Å². The minimum Gasteiger partial charge on any atom is -0.347 e. The molecule has 1 aromatic heterocycles. The lowest BCUT2D eigenvalue weighted by Crippen LogP contribution is -2.37. The van der Waals surface area contributed by atoms with Gasteiger partial charge in [0.05, 0.1) is 0 Å². The van der Waals surface area contributed by atoms with E-state index in [1.807, 2.05) is 41.8 Å². The molecule has 1 saturated heterocycles. The number of hydrogen-bond donors (Lipinski definition) is 1. The van der Waals surface area contributed by atoms with Crippen molar-refractivity contribution in [2.45, 2.75) is 19.0 Å². The van der Waals surface area contributed by atoms with Gasteiger partial charge < -0.3 is 5.32 Å². The Morgan fingerprint density at radius 3 is 2.62 bits per heavy atom. The van der Waals surface area contributed by atoms with Crippen LogP contribution in [0.2, 0.25) is 0 Å². The quantitative estimate of drug-likeness (QED) is 0.750. The molecular formula is C21H21N3OS. The zero-order valence-electron chi connectivity index (χ0n) is 14.5. The van der Waals surface area contributed by atoms with Gasteiger partial charge in [-0.25, -0.2) is 4.98 Å². The number of likely N-dealkylation sites (tertiary alicyclic amines) is 1. The first-order chi connectivity index (χ1) is 12.8. The third kappa shape index (κ3) is 4.00. The molecule has 1 aliphatic heterocycles. The third-order valence-corrected chi connectivity index (χ3v) is 5.51. The van der Waals surface area contributed by atoms with Crippen molar-refractivity contribution in [3.63, 3.8) is 0 Å². The number of aromatic nitrogens is 1. The monoisotopic (exact) mass is 363 g/mol. The Morgan fingerprint density at radius 1 is 1.12 bits per heavy atom. The number of nitrogens with one attached hydrogen (secondary N) is 1. The average molecular weight is 363 g/mol. The van der Waals surface area contributed by atoms with E-state index in [4.69, 9.17) is 0 Å². The van der Waals surface area contributed by atoms with E-state index in [-0.39, 0.29) is 11.9 Å². The molecule has 5 heteroatoms. The van der Waals surface area contributed by atoms with Crippen molar-refractivity contribution in [3.8, 4) is 10.6 Å². The summed E-state index contributed by atoms with van der Waals surface area (Å²) in [5.74, 6) is -0.0741. The fraction of sp³-hybridized carbons (Fsp3) is 0.238. The van der Waals surface area contributed by atoms with Crippen LogP contribution >= 0.6 is 11.3 Å². The van der Waals surface area contributed by atoms with E-state index in [0.717, 1.165) is 36.6 Å². The summed E-state index contributed by atoms with van der Waals surface area (Å²) < 4.78 is 0. The molecule has 0 aliphatic carbocycles. The second-order valence-corrected chi connectivity index (χ2v) is 7.44. The number of amides is 1. The highest BCUT2D eigenvalue weighted by atomic mass is 32.1. The van der Waals surface area contributed by atoms with Gasteiger partial charge >= 0.3 is 0 Å². The summed E-state index contributed by atoms with van der Waals surface area (Å²) in [5.41, 5.74) is 2.87. The van der Waals surface area contributed by atoms with Gasteiger partial charge in [0.25, 0.3) is 5.91 Å². The molecule has 0 bridgehead atoms. The molecule has 1 aliphatic rings. The van der Waals surface area contributed by atoms with Gasteiger partial charge in [-0.05, 0) is 12.0 Å². The Kier molecular flexibility index (Phi) is 5.09. The SMILES string of the molecule is O=C(N[C@@H]1CCN(Cc2ccccc2)C1)c1csc(-c2ccccc2)n1. The summed E-state index contributed by atoms with van der Waals surface area (Å²) in [6.07, 6.45) is 0.980. The van der Waals surface area contributed by atoms with Gasteiger partial charge in [0, 0.05) is 36.6 Å². The predicted octanol–water partition coefficient (Wildman–Crippen LogP) is 3.81. The third-order valence-electron chi connectivity index (χ3n) is 4.61. The van der Waals surface area contributed by atoms with Crippen LogP contribution in [0.4, 0.5) is 0 Å². The smallest absolute Gasteiger partial charge is 0.271 e. The standard InChI is InChI=1S/C21H21N3OS/c25-20(19-15-26-21(23-19)17-9-5-2-6-10-17)22-18-11-12-24(14-18)13-16-7-3-1-4-8-16/h1-10,15,18H,11-14H2,(H,22,25)/t18-/m1/s1. The number of hydrogen-bond acceptors (Lipinski definition) is 4. The largest absolute Gasteiger partial charge is 0.347 e. The predicted molar refractivity (Wildman–Crippen MR) is 105 cm³/mol.